The zero-order valence-electron chi connectivity index (χ0n) is 14.7. The molecular weight excluding hydrogens is 414 g/mol. The number of furan rings is 1. The van der Waals surface area contributed by atoms with E-state index >= 15 is 0 Å². The topological polar surface area (TPSA) is 42.7 Å². The van der Waals surface area contributed by atoms with E-state index < -0.39 is 0 Å². The first-order valence-corrected chi connectivity index (χ1v) is 9.94. The van der Waals surface area contributed by atoms with Gasteiger partial charge in [-0.1, -0.05) is 53.8 Å². The average molecular weight is 428 g/mol. The number of anilines is 1. The first-order valence-electron chi connectivity index (χ1n) is 8.33. The fraction of sp³-hybridized carbons (Fsp3) is 0.0476. The van der Waals surface area contributed by atoms with Crippen LogP contribution in [0.4, 0.5) is 5.69 Å². The number of ether oxygens (including phenoxy) is 1. The second-order valence-corrected chi connectivity index (χ2v) is 7.99. The van der Waals surface area contributed by atoms with Crippen LogP contribution in [0.2, 0.25) is 5.02 Å². The molecule has 1 aliphatic rings. The lowest BCUT2D eigenvalue weighted by Gasteiger charge is -2.13. The molecule has 4 rings (SSSR count). The molecule has 1 amide bonds. The molecule has 1 saturated heterocycles. The highest BCUT2D eigenvalue weighted by Gasteiger charge is 2.33. The summed E-state index contributed by atoms with van der Waals surface area (Å²) < 4.78 is 11.5. The van der Waals surface area contributed by atoms with Crippen LogP contribution in [0.15, 0.2) is 70.0 Å². The van der Waals surface area contributed by atoms with Crippen LogP contribution in [0.5, 0.6) is 5.75 Å². The lowest BCUT2D eigenvalue weighted by molar-refractivity contribution is -0.113. The van der Waals surface area contributed by atoms with Gasteiger partial charge in [0.15, 0.2) is 4.32 Å². The summed E-state index contributed by atoms with van der Waals surface area (Å²) >= 11 is 12.8. The highest BCUT2D eigenvalue weighted by molar-refractivity contribution is 8.27. The lowest BCUT2D eigenvalue weighted by Crippen LogP contribution is -2.27. The minimum atomic E-state index is -0.161. The van der Waals surface area contributed by atoms with Crippen LogP contribution in [-0.4, -0.2) is 17.3 Å². The average Bonchev–Trinajstić information content (AvgIpc) is 3.27. The van der Waals surface area contributed by atoms with Crippen molar-refractivity contribution in [2.75, 3.05) is 12.0 Å². The highest BCUT2D eigenvalue weighted by Crippen LogP contribution is 2.37. The molecular formula is C21H14ClNO3S2. The number of carbonyl (C=O) groups excluding carboxylic acids is 1. The molecule has 0 N–H and O–H groups in total. The molecule has 28 heavy (non-hydrogen) atoms. The Morgan fingerprint density at radius 2 is 1.93 bits per heavy atom. The summed E-state index contributed by atoms with van der Waals surface area (Å²) in [5.41, 5.74) is 1.57. The maximum atomic E-state index is 12.8. The fourth-order valence-electron chi connectivity index (χ4n) is 2.80. The van der Waals surface area contributed by atoms with Gasteiger partial charge in [0.1, 0.15) is 17.3 Å². The van der Waals surface area contributed by atoms with Gasteiger partial charge < -0.3 is 9.15 Å². The van der Waals surface area contributed by atoms with Gasteiger partial charge in [0.25, 0.3) is 5.91 Å². The summed E-state index contributed by atoms with van der Waals surface area (Å²) in [5, 5.41) is 0.502. The summed E-state index contributed by atoms with van der Waals surface area (Å²) in [5.74, 6) is 1.65. The van der Waals surface area contributed by atoms with Gasteiger partial charge >= 0.3 is 0 Å². The van der Waals surface area contributed by atoms with E-state index in [1.165, 1.54) is 16.7 Å². The molecule has 1 aromatic heterocycles. The Hall–Kier alpha value is -2.54. The third-order valence-electron chi connectivity index (χ3n) is 4.14. The molecule has 140 valence electrons. The zero-order chi connectivity index (χ0) is 19.7. The van der Waals surface area contributed by atoms with Crippen molar-refractivity contribution in [2.45, 2.75) is 0 Å². The minimum absolute atomic E-state index is 0.161. The third kappa shape index (κ3) is 3.58. The van der Waals surface area contributed by atoms with Gasteiger partial charge in [-0.15, -0.1) is 0 Å². The Bertz CT molecular complexity index is 1090. The second kappa shape index (κ2) is 7.83. The smallest absolute Gasteiger partial charge is 0.270 e. The second-order valence-electron chi connectivity index (χ2n) is 5.90. The van der Waals surface area contributed by atoms with Crippen molar-refractivity contribution in [1.82, 2.24) is 0 Å². The van der Waals surface area contributed by atoms with Gasteiger partial charge in [-0.25, -0.2) is 0 Å². The molecule has 0 aliphatic carbocycles. The van der Waals surface area contributed by atoms with E-state index in [2.05, 4.69) is 0 Å². The van der Waals surface area contributed by atoms with Crippen LogP contribution < -0.4 is 9.64 Å². The molecule has 0 saturated carbocycles. The van der Waals surface area contributed by atoms with Gasteiger partial charge in [0.05, 0.1) is 22.7 Å². The van der Waals surface area contributed by atoms with Crippen molar-refractivity contribution >= 4 is 57.6 Å². The van der Waals surface area contributed by atoms with Crippen molar-refractivity contribution < 1.29 is 13.9 Å². The molecule has 1 fully saturated rings. The Kier molecular flexibility index (Phi) is 5.26. The number of halogens is 1. The summed E-state index contributed by atoms with van der Waals surface area (Å²) in [6.07, 6.45) is 1.71. The number of amides is 1. The molecule has 0 radical (unpaired) electrons. The van der Waals surface area contributed by atoms with Crippen LogP contribution in [-0.2, 0) is 4.79 Å². The molecule has 4 nitrogen and oxygen atoms in total. The van der Waals surface area contributed by atoms with E-state index in [0.717, 1.165) is 11.3 Å². The number of thiocarbonyl (C=S) groups is 1. The summed E-state index contributed by atoms with van der Waals surface area (Å²) in [6, 6.07) is 18.4. The van der Waals surface area contributed by atoms with E-state index in [1.54, 1.807) is 25.3 Å². The molecule has 0 unspecified atom stereocenters. The van der Waals surface area contributed by atoms with Gasteiger partial charge in [-0.3, -0.25) is 9.69 Å². The SMILES string of the molecule is COc1ccc(-c2ccc(/C=C3\SC(=S)N(c4ccccc4)C3=O)o2)cc1Cl. The van der Waals surface area contributed by atoms with Crippen LogP contribution >= 0.6 is 35.6 Å². The number of benzene rings is 2. The van der Waals surface area contributed by atoms with E-state index in [1.807, 2.05) is 48.5 Å². The van der Waals surface area contributed by atoms with Crippen molar-refractivity contribution in [3.63, 3.8) is 0 Å². The molecule has 0 bridgehead atoms. The number of methoxy groups -OCH3 is 1. The van der Waals surface area contributed by atoms with Gasteiger partial charge in [0, 0.05) is 11.6 Å². The maximum Gasteiger partial charge on any atom is 0.270 e. The molecule has 0 atom stereocenters. The highest BCUT2D eigenvalue weighted by atomic mass is 35.5. The van der Waals surface area contributed by atoms with E-state index in [0.29, 0.717) is 31.5 Å². The van der Waals surface area contributed by atoms with Gasteiger partial charge in [-0.2, -0.15) is 0 Å². The Labute approximate surface area is 176 Å². The summed E-state index contributed by atoms with van der Waals surface area (Å²) in [6.45, 7) is 0. The van der Waals surface area contributed by atoms with E-state index in [-0.39, 0.29) is 5.91 Å². The zero-order valence-corrected chi connectivity index (χ0v) is 17.1. The number of hydrogen-bond acceptors (Lipinski definition) is 5. The fourth-order valence-corrected chi connectivity index (χ4v) is 4.34. The number of hydrogen-bond donors (Lipinski definition) is 0. The lowest BCUT2D eigenvalue weighted by atomic mass is 10.2. The Balaban J connectivity index is 1.60. The van der Waals surface area contributed by atoms with Crippen LogP contribution in [0.25, 0.3) is 17.4 Å². The quantitative estimate of drug-likeness (QED) is 0.376. The van der Waals surface area contributed by atoms with Crippen LogP contribution in [0.1, 0.15) is 5.76 Å². The van der Waals surface area contributed by atoms with E-state index in [9.17, 15) is 4.79 Å². The molecule has 2 aromatic carbocycles. The number of rotatable bonds is 4. The predicted molar refractivity (Wildman–Crippen MR) is 118 cm³/mol. The summed E-state index contributed by atoms with van der Waals surface area (Å²) in [7, 11) is 1.57. The van der Waals surface area contributed by atoms with Crippen LogP contribution in [0, 0.1) is 0 Å². The largest absolute Gasteiger partial charge is 0.495 e. The van der Waals surface area contributed by atoms with Crippen molar-refractivity contribution in [3.8, 4) is 17.1 Å². The predicted octanol–water partition coefficient (Wildman–Crippen LogP) is 6.01. The van der Waals surface area contributed by atoms with Gasteiger partial charge in [0.2, 0.25) is 0 Å². The number of nitrogens with zero attached hydrogens (tertiary/aromatic N) is 1. The first-order chi connectivity index (χ1) is 13.6. The van der Waals surface area contributed by atoms with Gasteiger partial charge in [-0.05, 0) is 42.5 Å². The Morgan fingerprint density at radius 3 is 2.64 bits per heavy atom. The molecule has 7 heteroatoms. The standard InChI is InChI=1S/C21H14ClNO3S2/c1-25-18-9-7-13(11-16(18)22)17-10-8-15(26-17)12-19-20(24)23(21(27)28-19)14-5-3-2-4-6-14/h2-12H,1H3/b19-12-. The molecule has 3 aromatic rings. The minimum Gasteiger partial charge on any atom is -0.495 e. The maximum absolute atomic E-state index is 12.8. The van der Waals surface area contributed by atoms with Crippen LogP contribution in [0.3, 0.4) is 0 Å². The third-order valence-corrected chi connectivity index (χ3v) is 5.74. The summed E-state index contributed by atoms with van der Waals surface area (Å²) in [4.78, 5) is 14.8. The van der Waals surface area contributed by atoms with E-state index in [4.69, 9.17) is 33.0 Å². The van der Waals surface area contributed by atoms with Crippen molar-refractivity contribution in [2.24, 2.45) is 0 Å². The van der Waals surface area contributed by atoms with Crippen molar-refractivity contribution in [1.29, 1.82) is 0 Å². The first kappa shape index (κ1) is 18.8. The number of carbonyl (C=O) groups is 1. The normalized spacial score (nSPS) is 15.5. The van der Waals surface area contributed by atoms with Crippen molar-refractivity contribution in [3.05, 3.63) is 76.4 Å². The molecule has 2 heterocycles. The Morgan fingerprint density at radius 1 is 1.14 bits per heavy atom. The monoisotopic (exact) mass is 427 g/mol. The number of para-hydroxylation sites is 1. The number of thioether (sulfide) groups is 1. The molecule has 0 spiro atoms. The molecule has 1 aliphatic heterocycles.